The molecule has 0 spiro atoms. The molecular weight excluding hydrogens is 456 g/mol. The van der Waals surface area contributed by atoms with Gasteiger partial charge in [-0.15, -0.1) is 0 Å². The summed E-state index contributed by atoms with van der Waals surface area (Å²) in [6.45, 7) is 0. The van der Waals surface area contributed by atoms with Crippen molar-refractivity contribution in [2.75, 3.05) is 0 Å². The Bertz CT molecular complexity index is 567. The van der Waals surface area contributed by atoms with Gasteiger partial charge in [-0.3, -0.25) is 9.59 Å². The van der Waals surface area contributed by atoms with E-state index in [0.29, 0.717) is 0 Å². The molecule has 0 bridgehead atoms. The third-order valence-electron chi connectivity index (χ3n) is 3.02. The molecule has 0 amide bonds. The van der Waals surface area contributed by atoms with Crippen LogP contribution in [-0.4, -0.2) is 60.0 Å². The van der Waals surface area contributed by atoms with Crippen molar-refractivity contribution in [1.82, 2.24) is 0 Å². The van der Waals surface area contributed by atoms with E-state index in [1.807, 2.05) is 0 Å². The molecule has 0 aromatic heterocycles. The number of carbonyl (C=O) groups excluding carboxylic acids is 2. The fourth-order valence-electron chi connectivity index (χ4n) is 1.31. The molecule has 0 fully saturated rings. The van der Waals surface area contributed by atoms with Crippen LogP contribution in [0.5, 0.6) is 0 Å². The molecule has 0 atom stereocenters. The molecule has 2 radical (unpaired) electrons. The lowest BCUT2D eigenvalue weighted by Gasteiger charge is -2.42. The molecule has 18 heteroatoms. The summed E-state index contributed by atoms with van der Waals surface area (Å²) in [5.74, 6) is -64.2. The first-order valence-electron chi connectivity index (χ1n) is 5.68. The van der Waals surface area contributed by atoms with Crippen LogP contribution in [0.25, 0.3) is 0 Å². The highest BCUT2D eigenvalue weighted by Crippen LogP contribution is 2.63. The average Bonchev–Trinajstić information content (AvgIpc) is 2.53. The molecule has 0 rings (SSSR count). The summed E-state index contributed by atoms with van der Waals surface area (Å²) in [6.07, 6.45) is -2.57. The Kier molecular flexibility index (Phi) is 5.96. The zero-order chi connectivity index (χ0) is 23.4. The van der Waals surface area contributed by atoms with Crippen molar-refractivity contribution in [2.45, 2.75) is 47.4 Å². The summed E-state index contributed by atoms with van der Waals surface area (Å²) in [4.78, 5) is 19.0. The maximum Gasteiger partial charge on any atom is 0.386 e. The Morgan fingerprint density at radius 1 is 0.321 bits per heavy atom. The molecule has 0 N–H and O–H groups in total. The summed E-state index contributed by atoms with van der Waals surface area (Å²) >= 11 is 0. The van der Waals surface area contributed by atoms with E-state index in [-0.39, 0.29) is 0 Å². The zero-order valence-corrected chi connectivity index (χ0v) is 11.9. The van der Waals surface area contributed by atoms with E-state index in [4.69, 9.17) is 0 Å². The summed E-state index contributed by atoms with van der Waals surface area (Å²) in [6, 6.07) is 0. The SMILES string of the molecule is O=[C]C(F)(F)C(F)(F)C(F)(F)C(F)(F)C(F)(F)C(F)(F)C(F)(F)C(F)(F)[C]=O. The van der Waals surface area contributed by atoms with Crippen molar-refractivity contribution < 1.29 is 79.8 Å². The van der Waals surface area contributed by atoms with Gasteiger partial charge < -0.3 is 0 Å². The highest BCUT2D eigenvalue weighted by molar-refractivity contribution is 5.64. The minimum Gasteiger partial charge on any atom is -0.283 e. The maximum atomic E-state index is 13.1. The van der Waals surface area contributed by atoms with Gasteiger partial charge in [-0.2, -0.15) is 70.2 Å². The fourth-order valence-corrected chi connectivity index (χ4v) is 1.31. The Hall–Kier alpha value is -1.78. The van der Waals surface area contributed by atoms with Crippen LogP contribution in [0, 0.1) is 0 Å². The minimum absolute atomic E-state index is 1.28. The van der Waals surface area contributed by atoms with Gasteiger partial charge in [0.2, 0.25) is 0 Å². The summed E-state index contributed by atoms with van der Waals surface area (Å²) < 4.78 is 205. The van der Waals surface area contributed by atoms with E-state index in [0.717, 1.165) is 0 Å². The van der Waals surface area contributed by atoms with E-state index < -0.39 is 60.0 Å². The van der Waals surface area contributed by atoms with E-state index >= 15 is 0 Å². The highest BCUT2D eigenvalue weighted by Gasteiger charge is 2.95. The molecular formula is C10F16O2. The van der Waals surface area contributed by atoms with Crippen molar-refractivity contribution in [3.63, 3.8) is 0 Å². The normalized spacial score (nSPS) is 16.1. The Morgan fingerprint density at radius 3 is 0.607 bits per heavy atom. The third-order valence-corrected chi connectivity index (χ3v) is 3.02. The van der Waals surface area contributed by atoms with Gasteiger partial charge in [0.15, 0.2) is 0 Å². The molecule has 2 nitrogen and oxygen atoms in total. The minimum atomic E-state index is -8.63. The summed E-state index contributed by atoms with van der Waals surface area (Å²) in [5.41, 5.74) is 0. The van der Waals surface area contributed by atoms with Crippen LogP contribution in [0.2, 0.25) is 0 Å². The van der Waals surface area contributed by atoms with Crippen molar-refractivity contribution in [2.24, 2.45) is 0 Å². The fraction of sp³-hybridized carbons (Fsp3) is 0.800. The smallest absolute Gasteiger partial charge is 0.283 e. The monoisotopic (exact) mass is 456 g/mol. The second-order valence-corrected chi connectivity index (χ2v) is 4.80. The molecule has 0 aliphatic heterocycles. The Labute approximate surface area is 141 Å². The average molecular weight is 456 g/mol. The number of halogens is 16. The van der Waals surface area contributed by atoms with Crippen LogP contribution in [0.1, 0.15) is 0 Å². The second kappa shape index (κ2) is 6.36. The van der Waals surface area contributed by atoms with Gasteiger partial charge in [0, 0.05) is 0 Å². The van der Waals surface area contributed by atoms with Crippen LogP contribution < -0.4 is 0 Å². The molecule has 0 saturated heterocycles. The van der Waals surface area contributed by atoms with Crippen molar-refractivity contribution in [3.05, 3.63) is 0 Å². The Morgan fingerprint density at radius 2 is 0.464 bits per heavy atom. The van der Waals surface area contributed by atoms with Crippen LogP contribution in [0.3, 0.4) is 0 Å². The largest absolute Gasteiger partial charge is 0.386 e. The van der Waals surface area contributed by atoms with Crippen molar-refractivity contribution in [1.29, 1.82) is 0 Å². The molecule has 0 aromatic carbocycles. The number of alkyl halides is 16. The van der Waals surface area contributed by atoms with Gasteiger partial charge in [0.05, 0.1) is 0 Å². The molecule has 0 aliphatic carbocycles. The van der Waals surface area contributed by atoms with Gasteiger partial charge in [-0.1, -0.05) is 0 Å². The lowest BCUT2D eigenvalue weighted by atomic mass is 9.88. The standard InChI is InChI=1S/C10F16O2/c11-3(12,1-27)5(15,16)7(19,20)9(23,24)10(25,26)8(21,22)6(17,18)4(13,14)2-28. The Balaban J connectivity index is 6.77. The van der Waals surface area contributed by atoms with Gasteiger partial charge in [-0.25, -0.2) is 0 Å². The van der Waals surface area contributed by atoms with E-state index in [2.05, 4.69) is 0 Å². The van der Waals surface area contributed by atoms with Crippen LogP contribution >= 0.6 is 0 Å². The third kappa shape index (κ3) is 2.89. The predicted molar refractivity (Wildman–Crippen MR) is 51.0 cm³/mol. The van der Waals surface area contributed by atoms with Crippen LogP contribution in [0.4, 0.5) is 70.2 Å². The quantitative estimate of drug-likeness (QED) is 0.486. The summed E-state index contributed by atoms with van der Waals surface area (Å²) in [5, 5.41) is 0. The van der Waals surface area contributed by atoms with Crippen LogP contribution in [-0.2, 0) is 9.59 Å². The topological polar surface area (TPSA) is 34.1 Å². The number of hydrogen-bond acceptors (Lipinski definition) is 2. The molecule has 0 aromatic rings. The number of hydrogen-bond donors (Lipinski definition) is 0. The number of rotatable bonds is 9. The van der Waals surface area contributed by atoms with Crippen molar-refractivity contribution >= 4 is 12.6 Å². The first-order valence-corrected chi connectivity index (χ1v) is 5.68. The first kappa shape index (κ1) is 26.2. The van der Waals surface area contributed by atoms with E-state index in [1.165, 1.54) is 0 Å². The maximum absolute atomic E-state index is 13.1. The lowest BCUT2D eigenvalue weighted by molar-refractivity contribution is -0.445. The van der Waals surface area contributed by atoms with Crippen LogP contribution in [0.15, 0.2) is 0 Å². The highest BCUT2D eigenvalue weighted by atomic mass is 19.4. The molecule has 0 heterocycles. The van der Waals surface area contributed by atoms with Gasteiger partial charge in [0.25, 0.3) is 12.6 Å². The predicted octanol–water partition coefficient (Wildman–Crippen LogP) is 4.29. The van der Waals surface area contributed by atoms with Gasteiger partial charge in [-0.05, 0) is 0 Å². The lowest BCUT2D eigenvalue weighted by Crippen LogP contribution is -2.75. The molecule has 164 valence electrons. The second-order valence-electron chi connectivity index (χ2n) is 4.80. The van der Waals surface area contributed by atoms with Crippen molar-refractivity contribution in [3.8, 4) is 0 Å². The summed E-state index contributed by atoms with van der Waals surface area (Å²) in [7, 11) is 0. The molecule has 0 aliphatic rings. The molecule has 0 unspecified atom stereocenters. The molecule has 28 heavy (non-hydrogen) atoms. The molecule has 0 saturated carbocycles. The van der Waals surface area contributed by atoms with E-state index in [1.54, 1.807) is 0 Å². The van der Waals surface area contributed by atoms with Gasteiger partial charge in [0.1, 0.15) is 0 Å². The first-order chi connectivity index (χ1) is 11.9. The van der Waals surface area contributed by atoms with Gasteiger partial charge >= 0.3 is 47.4 Å². The van der Waals surface area contributed by atoms with E-state index in [9.17, 15) is 79.8 Å². The zero-order valence-electron chi connectivity index (χ0n) is 11.9.